The van der Waals surface area contributed by atoms with Gasteiger partial charge < -0.3 is 10.4 Å². The Bertz CT molecular complexity index is 594. The average Bonchev–Trinajstić information content (AvgIpc) is 2.38. The lowest BCUT2D eigenvalue weighted by Gasteiger charge is -2.08. The number of aliphatic hydroxyl groups excluding tert-OH is 1. The number of hydrogen-bond donors (Lipinski definition) is 2. The largest absolute Gasteiger partial charge is 0.392 e. The highest BCUT2D eigenvalue weighted by molar-refractivity contribution is 6.04. The summed E-state index contributed by atoms with van der Waals surface area (Å²) >= 11 is 0. The van der Waals surface area contributed by atoms with Gasteiger partial charge in [-0.3, -0.25) is 4.79 Å². The summed E-state index contributed by atoms with van der Waals surface area (Å²) in [4.78, 5) is 11.8. The van der Waals surface area contributed by atoms with Gasteiger partial charge in [0.15, 0.2) is 0 Å². The second kappa shape index (κ2) is 5.58. The molecule has 2 aromatic rings. The fraction of sp³-hybridized carbons (Fsp3) is 0.0714. The van der Waals surface area contributed by atoms with Crippen molar-refractivity contribution in [1.82, 2.24) is 0 Å². The Kier molecular flexibility index (Phi) is 3.87. The first-order valence-electron chi connectivity index (χ1n) is 5.57. The summed E-state index contributed by atoms with van der Waals surface area (Å²) in [6.07, 6.45) is 0. The summed E-state index contributed by atoms with van der Waals surface area (Å²) in [5.74, 6) is -2.71. The molecule has 0 saturated carbocycles. The Morgan fingerprint density at radius 1 is 1.11 bits per heavy atom. The number of carbonyl (C=O) groups excluding carboxylic acids is 1. The molecule has 0 aromatic heterocycles. The normalized spacial score (nSPS) is 10.3. The minimum atomic E-state index is -0.921. The molecule has 0 fully saturated rings. The second-order valence-corrected chi connectivity index (χ2v) is 3.91. The van der Waals surface area contributed by atoms with Crippen molar-refractivity contribution in [2.45, 2.75) is 6.61 Å². The number of benzene rings is 2. The molecule has 0 heterocycles. The van der Waals surface area contributed by atoms with Gasteiger partial charge in [-0.05, 0) is 29.8 Å². The number of halogens is 2. The molecule has 2 aromatic carbocycles. The van der Waals surface area contributed by atoms with E-state index in [-0.39, 0.29) is 6.61 Å². The summed E-state index contributed by atoms with van der Waals surface area (Å²) in [6.45, 7) is -0.183. The first-order valence-corrected chi connectivity index (χ1v) is 5.57. The van der Waals surface area contributed by atoms with E-state index in [1.807, 2.05) is 0 Å². The Hall–Kier alpha value is -2.27. The molecule has 0 radical (unpaired) electrons. The molecule has 0 unspecified atom stereocenters. The van der Waals surface area contributed by atoms with Gasteiger partial charge in [0.05, 0.1) is 6.61 Å². The maximum absolute atomic E-state index is 13.4. The van der Waals surface area contributed by atoms with Crippen LogP contribution in [0.5, 0.6) is 0 Å². The summed E-state index contributed by atoms with van der Waals surface area (Å²) in [6, 6.07) is 9.60. The fourth-order valence-corrected chi connectivity index (χ4v) is 1.66. The standard InChI is InChI=1S/C14H11F2NO2/c15-11-5-2-6-12(16)13(11)14(19)17-10-4-1-3-9(7-10)8-18/h1-7,18H,8H2,(H,17,19). The molecular formula is C14H11F2NO2. The van der Waals surface area contributed by atoms with Crippen molar-refractivity contribution >= 4 is 11.6 Å². The molecule has 5 heteroatoms. The van der Waals surface area contributed by atoms with Crippen LogP contribution in [-0.4, -0.2) is 11.0 Å². The summed E-state index contributed by atoms with van der Waals surface area (Å²) in [5, 5.41) is 11.4. The SMILES string of the molecule is O=C(Nc1cccc(CO)c1)c1c(F)cccc1F. The van der Waals surface area contributed by atoms with Gasteiger partial charge in [-0.1, -0.05) is 18.2 Å². The summed E-state index contributed by atoms with van der Waals surface area (Å²) in [7, 11) is 0. The van der Waals surface area contributed by atoms with E-state index in [1.54, 1.807) is 18.2 Å². The maximum Gasteiger partial charge on any atom is 0.261 e. The van der Waals surface area contributed by atoms with Gasteiger partial charge in [-0.25, -0.2) is 8.78 Å². The first-order chi connectivity index (χ1) is 9.11. The van der Waals surface area contributed by atoms with Crippen LogP contribution in [0.25, 0.3) is 0 Å². The smallest absolute Gasteiger partial charge is 0.261 e. The van der Waals surface area contributed by atoms with Crippen LogP contribution in [0.4, 0.5) is 14.5 Å². The molecule has 98 valence electrons. The average molecular weight is 263 g/mol. The molecule has 2 rings (SSSR count). The monoisotopic (exact) mass is 263 g/mol. The summed E-state index contributed by atoms with van der Waals surface area (Å²) in [5.41, 5.74) is 0.322. The minimum Gasteiger partial charge on any atom is -0.392 e. The van der Waals surface area contributed by atoms with E-state index in [0.717, 1.165) is 12.1 Å². The number of aliphatic hydroxyl groups is 1. The number of nitrogens with one attached hydrogen (secondary N) is 1. The Morgan fingerprint density at radius 2 is 1.74 bits per heavy atom. The molecule has 19 heavy (non-hydrogen) atoms. The van der Waals surface area contributed by atoms with Crippen LogP contribution in [0.15, 0.2) is 42.5 Å². The number of anilines is 1. The van der Waals surface area contributed by atoms with Crippen LogP contribution in [0, 0.1) is 11.6 Å². The lowest BCUT2D eigenvalue weighted by Crippen LogP contribution is -2.15. The zero-order chi connectivity index (χ0) is 13.8. The lowest BCUT2D eigenvalue weighted by atomic mass is 10.1. The van der Waals surface area contributed by atoms with Gasteiger partial charge >= 0.3 is 0 Å². The fourth-order valence-electron chi connectivity index (χ4n) is 1.66. The molecule has 1 amide bonds. The molecule has 0 bridgehead atoms. The van der Waals surface area contributed by atoms with Gasteiger partial charge in [0, 0.05) is 5.69 Å². The Balaban J connectivity index is 2.26. The maximum atomic E-state index is 13.4. The van der Waals surface area contributed by atoms with Crippen molar-refractivity contribution in [1.29, 1.82) is 0 Å². The Labute approximate surface area is 108 Å². The van der Waals surface area contributed by atoms with Crippen LogP contribution in [0.3, 0.4) is 0 Å². The number of amides is 1. The van der Waals surface area contributed by atoms with Crippen molar-refractivity contribution < 1.29 is 18.7 Å². The predicted molar refractivity (Wildman–Crippen MR) is 66.7 cm³/mol. The zero-order valence-corrected chi connectivity index (χ0v) is 9.86. The van der Waals surface area contributed by atoms with Gasteiger partial charge in [-0.15, -0.1) is 0 Å². The van der Waals surface area contributed by atoms with E-state index in [4.69, 9.17) is 5.11 Å². The van der Waals surface area contributed by atoms with Crippen LogP contribution in [0.1, 0.15) is 15.9 Å². The minimum absolute atomic E-state index is 0.183. The van der Waals surface area contributed by atoms with Crippen molar-refractivity contribution in [3.05, 3.63) is 65.2 Å². The molecule has 0 aliphatic carbocycles. The van der Waals surface area contributed by atoms with Crippen LogP contribution < -0.4 is 5.32 Å². The molecule has 0 spiro atoms. The lowest BCUT2D eigenvalue weighted by molar-refractivity contribution is 0.101. The number of hydrogen-bond acceptors (Lipinski definition) is 2. The Morgan fingerprint density at radius 3 is 2.37 bits per heavy atom. The third kappa shape index (κ3) is 2.95. The van der Waals surface area contributed by atoms with Crippen molar-refractivity contribution in [3.8, 4) is 0 Å². The van der Waals surface area contributed by atoms with Gasteiger partial charge in [-0.2, -0.15) is 0 Å². The van der Waals surface area contributed by atoms with Crippen molar-refractivity contribution in [3.63, 3.8) is 0 Å². The third-order valence-electron chi connectivity index (χ3n) is 2.56. The second-order valence-electron chi connectivity index (χ2n) is 3.91. The van der Waals surface area contributed by atoms with Gasteiger partial charge in [0.2, 0.25) is 0 Å². The highest BCUT2D eigenvalue weighted by Gasteiger charge is 2.16. The predicted octanol–water partition coefficient (Wildman–Crippen LogP) is 2.71. The topological polar surface area (TPSA) is 49.3 Å². The van der Waals surface area contributed by atoms with Crippen LogP contribution in [0.2, 0.25) is 0 Å². The number of carbonyl (C=O) groups is 1. The molecule has 0 aliphatic rings. The van der Waals surface area contributed by atoms with Crippen LogP contribution in [-0.2, 0) is 6.61 Å². The van der Waals surface area contributed by atoms with Gasteiger partial charge in [0.25, 0.3) is 5.91 Å². The quantitative estimate of drug-likeness (QED) is 0.894. The van der Waals surface area contributed by atoms with E-state index < -0.39 is 23.1 Å². The summed E-state index contributed by atoms with van der Waals surface area (Å²) < 4.78 is 26.8. The van der Waals surface area contributed by atoms with Gasteiger partial charge in [0.1, 0.15) is 17.2 Å². The molecular weight excluding hydrogens is 252 g/mol. The number of rotatable bonds is 3. The molecule has 0 aliphatic heterocycles. The van der Waals surface area contributed by atoms with E-state index in [1.165, 1.54) is 12.1 Å². The highest BCUT2D eigenvalue weighted by atomic mass is 19.1. The highest BCUT2D eigenvalue weighted by Crippen LogP contribution is 2.16. The van der Waals surface area contributed by atoms with Crippen molar-refractivity contribution in [2.75, 3.05) is 5.32 Å². The van der Waals surface area contributed by atoms with E-state index >= 15 is 0 Å². The van der Waals surface area contributed by atoms with Crippen LogP contribution >= 0.6 is 0 Å². The molecule has 3 nitrogen and oxygen atoms in total. The first kappa shape index (κ1) is 13.2. The third-order valence-corrected chi connectivity index (χ3v) is 2.56. The molecule has 2 N–H and O–H groups in total. The van der Waals surface area contributed by atoms with Crippen molar-refractivity contribution in [2.24, 2.45) is 0 Å². The molecule has 0 atom stereocenters. The van der Waals surface area contributed by atoms with E-state index in [0.29, 0.717) is 11.3 Å². The van der Waals surface area contributed by atoms with E-state index in [2.05, 4.69) is 5.32 Å². The molecule has 0 saturated heterocycles. The van der Waals surface area contributed by atoms with E-state index in [9.17, 15) is 13.6 Å². The zero-order valence-electron chi connectivity index (χ0n) is 9.86.